The Bertz CT molecular complexity index is 1050. The van der Waals surface area contributed by atoms with Crippen molar-refractivity contribution >= 4 is 22.8 Å². The molecular weight excluding hydrogens is 410 g/mol. The zero-order valence-electron chi connectivity index (χ0n) is 18.1. The minimum atomic E-state index is -0.202. The van der Waals surface area contributed by atoms with Gasteiger partial charge in [0.15, 0.2) is 18.1 Å². The summed E-state index contributed by atoms with van der Waals surface area (Å²) in [6.45, 7) is 1.84. The summed E-state index contributed by atoms with van der Waals surface area (Å²) in [4.78, 5) is 28.3. The fraction of sp³-hybridized carbons (Fsp3) is 0.391. The Morgan fingerprint density at radius 3 is 2.47 bits per heavy atom. The monoisotopic (exact) mass is 437 g/mol. The Balaban J connectivity index is 1.23. The van der Waals surface area contributed by atoms with Gasteiger partial charge in [-0.25, -0.2) is 0 Å². The van der Waals surface area contributed by atoms with Crippen LogP contribution in [0.15, 0.2) is 48.5 Å². The van der Waals surface area contributed by atoms with Crippen molar-refractivity contribution in [3.05, 3.63) is 48.5 Å². The SMILES string of the molecule is COc1ccccc1OCC(=O)NCC1CCCN(C(=O)Cn2nc3ccccc3n2)C1. The number of aromatic nitrogens is 3. The molecule has 1 saturated heterocycles. The maximum Gasteiger partial charge on any atom is 0.257 e. The van der Waals surface area contributed by atoms with Crippen LogP contribution in [0.5, 0.6) is 11.5 Å². The molecule has 0 radical (unpaired) electrons. The lowest BCUT2D eigenvalue weighted by atomic mass is 9.98. The molecule has 2 amide bonds. The second-order valence-electron chi connectivity index (χ2n) is 7.81. The van der Waals surface area contributed by atoms with Gasteiger partial charge in [-0.05, 0) is 43.0 Å². The molecule has 1 aliphatic heterocycles. The highest BCUT2D eigenvalue weighted by Gasteiger charge is 2.24. The highest BCUT2D eigenvalue weighted by atomic mass is 16.5. The summed E-state index contributed by atoms with van der Waals surface area (Å²) >= 11 is 0. The van der Waals surface area contributed by atoms with Gasteiger partial charge in [0, 0.05) is 19.6 Å². The van der Waals surface area contributed by atoms with Crippen LogP contribution in [0.1, 0.15) is 12.8 Å². The van der Waals surface area contributed by atoms with E-state index in [-0.39, 0.29) is 30.9 Å². The Morgan fingerprint density at radius 2 is 1.75 bits per heavy atom. The average molecular weight is 438 g/mol. The third-order valence-electron chi connectivity index (χ3n) is 5.49. The van der Waals surface area contributed by atoms with E-state index < -0.39 is 0 Å². The molecule has 1 atom stereocenters. The average Bonchev–Trinajstić information content (AvgIpc) is 3.24. The van der Waals surface area contributed by atoms with Crippen LogP contribution in [0.3, 0.4) is 0 Å². The molecule has 1 aliphatic rings. The summed E-state index contributed by atoms with van der Waals surface area (Å²) in [7, 11) is 1.56. The van der Waals surface area contributed by atoms with E-state index in [4.69, 9.17) is 9.47 Å². The second-order valence-corrected chi connectivity index (χ2v) is 7.81. The number of carbonyl (C=O) groups excluding carboxylic acids is 2. The zero-order chi connectivity index (χ0) is 22.3. The van der Waals surface area contributed by atoms with Gasteiger partial charge in [0.1, 0.15) is 17.6 Å². The van der Waals surface area contributed by atoms with E-state index in [1.54, 1.807) is 19.2 Å². The summed E-state index contributed by atoms with van der Waals surface area (Å²) in [5.41, 5.74) is 1.55. The normalized spacial score (nSPS) is 16.0. The quantitative estimate of drug-likeness (QED) is 0.578. The van der Waals surface area contributed by atoms with Gasteiger partial charge in [-0.2, -0.15) is 15.0 Å². The van der Waals surface area contributed by atoms with Crippen molar-refractivity contribution in [1.29, 1.82) is 0 Å². The first kappa shape index (κ1) is 21.6. The molecule has 3 aromatic rings. The number of nitrogens with one attached hydrogen (secondary N) is 1. The van der Waals surface area contributed by atoms with Crippen molar-refractivity contribution < 1.29 is 19.1 Å². The lowest BCUT2D eigenvalue weighted by Gasteiger charge is -2.32. The van der Waals surface area contributed by atoms with E-state index in [0.717, 1.165) is 23.9 Å². The molecule has 0 saturated carbocycles. The molecule has 9 heteroatoms. The number of rotatable bonds is 8. The van der Waals surface area contributed by atoms with E-state index in [2.05, 4.69) is 15.5 Å². The molecular formula is C23H27N5O4. The van der Waals surface area contributed by atoms with Gasteiger partial charge in [0.25, 0.3) is 5.91 Å². The number of benzene rings is 2. The summed E-state index contributed by atoms with van der Waals surface area (Å²) in [6.07, 6.45) is 1.86. The molecule has 1 aromatic heterocycles. The van der Waals surface area contributed by atoms with Crippen LogP contribution >= 0.6 is 0 Å². The minimum Gasteiger partial charge on any atom is -0.493 e. The van der Waals surface area contributed by atoms with E-state index in [1.807, 2.05) is 41.3 Å². The highest BCUT2D eigenvalue weighted by Crippen LogP contribution is 2.25. The van der Waals surface area contributed by atoms with Crippen LogP contribution in [-0.2, 0) is 16.1 Å². The molecule has 4 rings (SSSR count). The van der Waals surface area contributed by atoms with Crippen LogP contribution in [0, 0.1) is 5.92 Å². The van der Waals surface area contributed by atoms with Crippen molar-refractivity contribution in [3.8, 4) is 11.5 Å². The number of likely N-dealkylation sites (tertiary alicyclic amines) is 1. The molecule has 2 heterocycles. The van der Waals surface area contributed by atoms with E-state index in [1.165, 1.54) is 4.80 Å². The van der Waals surface area contributed by atoms with E-state index in [9.17, 15) is 9.59 Å². The number of hydrogen-bond donors (Lipinski definition) is 1. The maximum absolute atomic E-state index is 12.8. The van der Waals surface area contributed by atoms with Crippen LogP contribution in [0.4, 0.5) is 0 Å². The number of hydrogen-bond acceptors (Lipinski definition) is 6. The predicted molar refractivity (Wildman–Crippen MR) is 118 cm³/mol. The second kappa shape index (κ2) is 10.1. The molecule has 1 N–H and O–H groups in total. The third-order valence-corrected chi connectivity index (χ3v) is 5.49. The van der Waals surface area contributed by atoms with Crippen LogP contribution < -0.4 is 14.8 Å². The van der Waals surface area contributed by atoms with E-state index >= 15 is 0 Å². The molecule has 32 heavy (non-hydrogen) atoms. The number of nitrogens with zero attached hydrogens (tertiary/aromatic N) is 4. The predicted octanol–water partition coefficient (Wildman–Crippen LogP) is 1.87. The minimum absolute atomic E-state index is 0.0131. The fourth-order valence-electron chi connectivity index (χ4n) is 3.84. The Labute approximate surface area is 186 Å². The Kier molecular flexibility index (Phi) is 6.84. The van der Waals surface area contributed by atoms with Crippen molar-refractivity contribution in [2.45, 2.75) is 19.4 Å². The highest BCUT2D eigenvalue weighted by molar-refractivity contribution is 5.78. The number of ether oxygens (including phenoxy) is 2. The summed E-state index contributed by atoms with van der Waals surface area (Å²) in [6, 6.07) is 14.7. The molecule has 0 bridgehead atoms. The third kappa shape index (κ3) is 5.35. The van der Waals surface area contributed by atoms with Crippen molar-refractivity contribution in [3.63, 3.8) is 0 Å². The van der Waals surface area contributed by atoms with Crippen molar-refractivity contribution in [2.75, 3.05) is 33.4 Å². The lowest BCUT2D eigenvalue weighted by molar-refractivity contribution is -0.134. The summed E-state index contributed by atoms with van der Waals surface area (Å²) < 4.78 is 10.8. The number of piperidine rings is 1. The van der Waals surface area contributed by atoms with Crippen molar-refractivity contribution in [1.82, 2.24) is 25.2 Å². The number of methoxy groups -OCH3 is 1. The number of fused-ring (bicyclic) bond motifs is 1. The van der Waals surface area contributed by atoms with Gasteiger partial charge in [0.2, 0.25) is 5.91 Å². The first-order valence-corrected chi connectivity index (χ1v) is 10.7. The zero-order valence-corrected chi connectivity index (χ0v) is 18.1. The molecule has 168 valence electrons. The molecule has 2 aromatic carbocycles. The van der Waals surface area contributed by atoms with Crippen LogP contribution in [-0.4, -0.2) is 65.1 Å². The maximum atomic E-state index is 12.8. The molecule has 1 unspecified atom stereocenters. The number of carbonyl (C=O) groups is 2. The van der Waals surface area contributed by atoms with E-state index in [0.29, 0.717) is 31.1 Å². The van der Waals surface area contributed by atoms with Gasteiger partial charge in [-0.15, -0.1) is 0 Å². The van der Waals surface area contributed by atoms with Gasteiger partial charge in [-0.3, -0.25) is 9.59 Å². The summed E-state index contributed by atoms with van der Waals surface area (Å²) in [5, 5.41) is 11.6. The smallest absolute Gasteiger partial charge is 0.257 e. The summed E-state index contributed by atoms with van der Waals surface area (Å²) in [5.74, 6) is 1.10. The van der Waals surface area contributed by atoms with Gasteiger partial charge in [-0.1, -0.05) is 24.3 Å². The van der Waals surface area contributed by atoms with Crippen LogP contribution in [0.25, 0.3) is 11.0 Å². The fourth-order valence-corrected chi connectivity index (χ4v) is 3.84. The first-order valence-electron chi connectivity index (χ1n) is 10.7. The standard InChI is InChI=1S/C23H27N5O4/c1-31-20-10-4-5-11-21(20)32-16-22(29)24-13-17-7-6-12-27(14-17)23(30)15-28-25-18-8-2-3-9-19(18)26-28/h2-5,8-11,17H,6-7,12-16H2,1H3,(H,24,29). The lowest BCUT2D eigenvalue weighted by Crippen LogP contribution is -2.45. The largest absolute Gasteiger partial charge is 0.493 e. The van der Waals surface area contributed by atoms with Crippen molar-refractivity contribution in [2.24, 2.45) is 5.92 Å². The van der Waals surface area contributed by atoms with Gasteiger partial charge >= 0.3 is 0 Å². The van der Waals surface area contributed by atoms with Gasteiger partial charge < -0.3 is 19.7 Å². The molecule has 0 spiro atoms. The molecule has 0 aliphatic carbocycles. The Morgan fingerprint density at radius 1 is 1.06 bits per heavy atom. The number of para-hydroxylation sites is 2. The van der Waals surface area contributed by atoms with Crippen LogP contribution in [0.2, 0.25) is 0 Å². The first-order chi connectivity index (χ1) is 15.6. The number of amides is 2. The Hall–Kier alpha value is -3.62. The molecule has 1 fully saturated rings. The molecule has 9 nitrogen and oxygen atoms in total. The topological polar surface area (TPSA) is 98.6 Å². The van der Waals surface area contributed by atoms with Gasteiger partial charge in [0.05, 0.1) is 7.11 Å².